The number of H-pyrrole nitrogens is 1. The quantitative estimate of drug-likeness (QED) is 0.732. The minimum atomic E-state index is 0.335. The fraction of sp³-hybridized carbons (Fsp3) is 0.188. The summed E-state index contributed by atoms with van der Waals surface area (Å²) in [5.74, 6) is 0. The second-order valence-electron chi connectivity index (χ2n) is 4.69. The molecule has 0 aliphatic heterocycles. The van der Waals surface area contributed by atoms with Gasteiger partial charge in [-0.1, -0.05) is 37.3 Å². The average molecular weight is 251 g/mol. The first-order chi connectivity index (χ1) is 9.36. The summed E-state index contributed by atoms with van der Waals surface area (Å²) in [5, 5.41) is 11.8. The fourth-order valence-corrected chi connectivity index (χ4v) is 2.33. The van der Waals surface area contributed by atoms with Gasteiger partial charge in [-0.25, -0.2) is 0 Å². The molecule has 1 heterocycles. The molecule has 0 radical (unpaired) electrons. The lowest BCUT2D eigenvalue weighted by atomic mass is 10.0. The molecule has 0 amide bonds. The van der Waals surface area contributed by atoms with Gasteiger partial charge in [0.2, 0.25) is 0 Å². The van der Waals surface area contributed by atoms with Gasteiger partial charge in [0.1, 0.15) is 0 Å². The monoisotopic (exact) mass is 251 g/mol. The Kier molecular flexibility index (Phi) is 3.19. The van der Waals surface area contributed by atoms with Crippen LogP contribution in [0.1, 0.15) is 24.9 Å². The predicted octanol–water partition coefficient (Wildman–Crippen LogP) is 4.13. The third-order valence-electron chi connectivity index (χ3n) is 3.39. The molecule has 3 nitrogen and oxygen atoms in total. The van der Waals surface area contributed by atoms with Gasteiger partial charge < -0.3 is 5.32 Å². The standard InChI is InChI=1S/C16H17N3/c1-2-15(12-6-4-3-5-7-12)18-14-9-8-13-11-17-19-16(13)10-14/h3-11,15,18H,2H2,1H3,(H,17,19). The Labute approximate surface area is 112 Å². The van der Waals surface area contributed by atoms with Gasteiger partial charge in [0.15, 0.2) is 0 Å². The molecule has 0 bridgehead atoms. The van der Waals surface area contributed by atoms with E-state index in [9.17, 15) is 0 Å². The van der Waals surface area contributed by atoms with E-state index in [-0.39, 0.29) is 0 Å². The molecule has 0 fully saturated rings. The smallest absolute Gasteiger partial charge is 0.0670 e. The zero-order chi connectivity index (χ0) is 13.1. The second-order valence-corrected chi connectivity index (χ2v) is 4.69. The van der Waals surface area contributed by atoms with Crippen molar-refractivity contribution in [2.24, 2.45) is 0 Å². The van der Waals surface area contributed by atoms with Crippen LogP contribution in [0, 0.1) is 0 Å². The lowest BCUT2D eigenvalue weighted by molar-refractivity contribution is 0.749. The summed E-state index contributed by atoms with van der Waals surface area (Å²) in [7, 11) is 0. The highest BCUT2D eigenvalue weighted by molar-refractivity contribution is 5.81. The number of aromatic amines is 1. The molecule has 19 heavy (non-hydrogen) atoms. The molecule has 0 spiro atoms. The zero-order valence-electron chi connectivity index (χ0n) is 10.9. The number of rotatable bonds is 4. The Morgan fingerprint density at radius 3 is 2.79 bits per heavy atom. The van der Waals surface area contributed by atoms with E-state index in [1.165, 1.54) is 5.56 Å². The van der Waals surface area contributed by atoms with E-state index in [0.717, 1.165) is 23.0 Å². The van der Waals surface area contributed by atoms with Crippen LogP contribution in [0.3, 0.4) is 0 Å². The van der Waals surface area contributed by atoms with E-state index in [4.69, 9.17) is 0 Å². The van der Waals surface area contributed by atoms with Gasteiger partial charge in [-0.05, 0) is 30.2 Å². The van der Waals surface area contributed by atoms with E-state index in [1.54, 1.807) is 0 Å². The van der Waals surface area contributed by atoms with Gasteiger partial charge in [-0.2, -0.15) is 5.10 Å². The van der Waals surface area contributed by atoms with Crippen LogP contribution in [0.4, 0.5) is 5.69 Å². The van der Waals surface area contributed by atoms with Gasteiger partial charge in [0.25, 0.3) is 0 Å². The van der Waals surface area contributed by atoms with Crippen LogP contribution < -0.4 is 5.32 Å². The molecule has 0 saturated carbocycles. The second kappa shape index (κ2) is 5.14. The van der Waals surface area contributed by atoms with Crippen LogP contribution in [0.25, 0.3) is 10.9 Å². The summed E-state index contributed by atoms with van der Waals surface area (Å²) in [6.45, 7) is 2.19. The highest BCUT2D eigenvalue weighted by atomic mass is 15.1. The Bertz CT molecular complexity index is 658. The molecule has 0 aliphatic rings. The van der Waals surface area contributed by atoms with Crippen LogP contribution in [-0.4, -0.2) is 10.2 Å². The number of nitrogens with zero attached hydrogens (tertiary/aromatic N) is 1. The highest BCUT2D eigenvalue weighted by Gasteiger charge is 2.08. The number of fused-ring (bicyclic) bond motifs is 1. The molecule has 0 aliphatic carbocycles. The normalized spacial score (nSPS) is 12.5. The van der Waals surface area contributed by atoms with Gasteiger partial charge in [-0.3, -0.25) is 5.10 Å². The largest absolute Gasteiger partial charge is 0.378 e. The first-order valence-electron chi connectivity index (χ1n) is 6.61. The highest BCUT2D eigenvalue weighted by Crippen LogP contribution is 2.24. The van der Waals surface area contributed by atoms with Crippen molar-refractivity contribution in [2.75, 3.05) is 5.32 Å². The van der Waals surface area contributed by atoms with Gasteiger partial charge in [-0.15, -0.1) is 0 Å². The number of hydrogen-bond acceptors (Lipinski definition) is 2. The first-order valence-corrected chi connectivity index (χ1v) is 6.61. The van der Waals surface area contributed by atoms with E-state index < -0.39 is 0 Å². The summed E-state index contributed by atoms with van der Waals surface area (Å²) >= 11 is 0. The average Bonchev–Trinajstić information content (AvgIpc) is 2.93. The van der Waals surface area contributed by atoms with Crippen LogP contribution >= 0.6 is 0 Å². The summed E-state index contributed by atoms with van der Waals surface area (Å²) in [5.41, 5.74) is 3.50. The molecule has 2 aromatic carbocycles. The maximum Gasteiger partial charge on any atom is 0.0670 e. The molecule has 3 heteroatoms. The summed E-state index contributed by atoms with van der Waals surface area (Å²) in [6, 6.07) is 17.2. The van der Waals surface area contributed by atoms with Crippen molar-refractivity contribution in [2.45, 2.75) is 19.4 Å². The summed E-state index contributed by atoms with van der Waals surface area (Å²) in [4.78, 5) is 0. The maximum absolute atomic E-state index is 4.05. The first kappa shape index (κ1) is 11.8. The van der Waals surface area contributed by atoms with Crippen molar-refractivity contribution in [1.29, 1.82) is 0 Å². The molecular weight excluding hydrogens is 234 g/mol. The fourth-order valence-electron chi connectivity index (χ4n) is 2.33. The molecule has 0 saturated heterocycles. The molecule has 3 aromatic rings. The Balaban J connectivity index is 1.86. The van der Waals surface area contributed by atoms with E-state index in [1.807, 2.05) is 12.3 Å². The maximum atomic E-state index is 4.05. The minimum Gasteiger partial charge on any atom is -0.378 e. The van der Waals surface area contributed by atoms with Gasteiger partial charge in [0, 0.05) is 11.1 Å². The minimum absolute atomic E-state index is 0.335. The Morgan fingerprint density at radius 2 is 2.00 bits per heavy atom. The van der Waals surface area contributed by atoms with Crippen molar-refractivity contribution in [3.8, 4) is 0 Å². The van der Waals surface area contributed by atoms with Crippen molar-refractivity contribution >= 4 is 16.6 Å². The molecule has 2 N–H and O–H groups in total. The molecule has 96 valence electrons. The number of hydrogen-bond donors (Lipinski definition) is 2. The van der Waals surface area contributed by atoms with Gasteiger partial charge in [0.05, 0.1) is 17.8 Å². The van der Waals surface area contributed by atoms with E-state index in [0.29, 0.717) is 6.04 Å². The molecule has 1 aromatic heterocycles. The molecule has 1 atom stereocenters. The Morgan fingerprint density at radius 1 is 1.16 bits per heavy atom. The van der Waals surface area contributed by atoms with Crippen LogP contribution in [-0.2, 0) is 0 Å². The van der Waals surface area contributed by atoms with Crippen molar-refractivity contribution in [3.63, 3.8) is 0 Å². The lowest BCUT2D eigenvalue weighted by Gasteiger charge is -2.18. The Hall–Kier alpha value is -2.29. The van der Waals surface area contributed by atoms with Crippen molar-refractivity contribution in [3.05, 3.63) is 60.3 Å². The van der Waals surface area contributed by atoms with Crippen LogP contribution in [0.2, 0.25) is 0 Å². The number of aromatic nitrogens is 2. The number of benzene rings is 2. The van der Waals surface area contributed by atoms with Crippen LogP contribution in [0.15, 0.2) is 54.7 Å². The molecule has 3 rings (SSSR count). The molecule has 1 unspecified atom stereocenters. The SMILES string of the molecule is CCC(Nc1ccc2cn[nH]c2c1)c1ccccc1. The number of nitrogens with one attached hydrogen (secondary N) is 2. The molecular formula is C16H17N3. The third-order valence-corrected chi connectivity index (χ3v) is 3.39. The predicted molar refractivity (Wildman–Crippen MR) is 79.2 cm³/mol. The van der Waals surface area contributed by atoms with Crippen molar-refractivity contribution < 1.29 is 0 Å². The zero-order valence-corrected chi connectivity index (χ0v) is 10.9. The third kappa shape index (κ3) is 2.45. The topological polar surface area (TPSA) is 40.7 Å². The van der Waals surface area contributed by atoms with E-state index >= 15 is 0 Å². The van der Waals surface area contributed by atoms with Gasteiger partial charge >= 0.3 is 0 Å². The van der Waals surface area contributed by atoms with E-state index in [2.05, 4.69) is 64.9 Å². The van der Waals surface area contributed by atoms with Crippen LogP contribution in [0.5, 0.6) is 0 Å². The summed E-state index contributed by atoms with van der Waals surface area (Å²) < 4.78 is 0. The number of anilines is 1. The van der Waals surface area contributed by atoms with Crippen molar-refractivity contribution in [1.82, 2.24) is 10.2 Å². The lowest BCUT2D eigenvalue weighted by Crippen LogP contribution is -2.09. The summed E-state index contributed by atoms with van der Waals surface area (Å²) in [6.07, 6.45) is 2.89.